The standard InChI is InChI=1S/C31H4F10N6/c1-9-16(26(38)29(41)31(47-3)21(9)33)13(7-44)18-17(11(5-42)10-4-15(32)12(6-43)23(35)22(10)34)19(18)30(46-2)20-27(39)24(36)14(8-45)25(37)28(20)40/h4H,1H3/b17-11+,18-13-,30-19-. The van der Waals surface area contributed by atoms with Crippen LogP contribution in [0, 0.1) is 124 Å². The van der Waals surface area contributed by atoms with E-state index in [1.165, 1.54) is 12.1 Å². The summed E-state index contributed by atoms with van der Waals surface area (Å²) in [6, 6.07) is 4.50. The minimum atomic E-state index is -2.37. The van der Waals surface area contributed by atoms with Gasteiger partial charge in [-0.05, 0) is 35.3 Å². The Morgan fingerprint density at radius 3 is 1.55 bits per heavy atom. The van der Waals surface area contributed by atoms with Gasteiger partial charge in [0.25, 0.3) is 5.69 Å². The fourth-order valence-corrected chi connectivity index (χ4v) is 4.62. The smallest absolute Gasteiger partial charge is 0.237 e. The van der Waals surface area contributed by atoms with Gasteiger partial charge >= 0.3 is 0 Å². The van der Waals surface area contributed by atoms with E-state index < -0.39 is 131 Å². The summed E-state index contributed by atoms with van der Waals surface area (Å²) in [6.07, 6.45) is 0. The highest BCUT2D eigenvalue weighted by Gasteiger charge is 2.45. The van der Waals surface area contributed by atoms with E-state index in [9.17, 15) is 36.9 Å². The average molecular weight is 650 g/mol. The number of halogens is 10. The van der Waals surface area contributed by atoms with Gasteiger partial charge in [-0.25, -0.2) is 53.6 Å². The predicted molar refractivity (Wildman–Crippen MR) is 138 cm³/mol. The lowest BCUT2D eigenvalue weighted by atomic mass is 9.97. The van der Waals surface area contributed by atoms with Crippen molar-refractivity contribution in [3.63, 3.8) is 0 Å². The molecule has 4 rings (SSSR count). The van der Waals surface area contributed by atoms with Gasteiger partial charge in [0, 0.05) is 11.1 Å². The van der Waals surface area contributed by atoms with Crippen LogP contribution in [0.1, 0.15) is 33.4 Å². The van der Waals surface area contributed by atoms with E-state index in [2.05, 4.69) is 9.69 Å². The van der Waals surface area contributed by atoms with E-state index in [4.69, 9.17) is 23.7 Å². The molecule has 0 saturated heterocycles. The average Bonchev–Trinajstić information content (AvgIpc) is 3.76. The maximum atomic E-state index is 15.3. The number of allylic oxidation sites excluding steroid dienone is 5. The zero-order chi connectivity index (χ0) is 35.2. The lowest BCUT2D eigenvalue weighted by Crippen LogP contribution is -2.06. The van der Waals surface area contributed by atoms with Crippen molar-refractivity contribution in [2.24, 2.45) is 0 Å². The fraction of sp³-hybridized carbons (Fsp3) is 0.0323. The molecule has 3 aromatic carbocycles. The first-order valence-corrected chi connectivity index (χ1v) is 12.0. The summed E-state index contributed by atoms with van der Waals surface area (Å²) in [5.41, 5.74) is -17.4. The molecule has 16 heteroatoms. The summed E-state index contributed by atoms with van der Waals surface area (Å²) in [7, 11) is 0. The van der Waals surface area contributed by atoms with Crippen LogP contribution in [-0.4, -0.2) is 0 Å². The third kappa shape index (κ3) is 4.70. The van der Waals surface area contributed by atoms with Crippen molar-refractivity contribution in [2.75, 3.05) is 0 Å². The van der Waals surface area contributed by atoms with Gasteiger partial charge in [0.2, 0.25) is 5.70 Å². The molecule has 1 aliphatic carbocycles. The van der Waals surface area contributed by atoms with E-state index in [1.54, 1.807) is 0 Å². The maximum absolute atomic E-state index is 15.3. The molecule has 47 heavy (non-hydrogen) atoms. The summed E-state index contributed by atoms with van der Waals surface area (Å²) in [6.45, 7) is 15.1. The van der Waals surface area contributed by atoms with Gasteiger partial charge in [0.15, 0.2) is 46.5 Å². The molecular weight excluding hydrogens is 646 g/mol. The Kier molecular flexibility index (Phi) is 8.36. The van der Waals surface area contributed by atoms with E-state index >= 15 is 17.6 Å². The van der Waals surface area contributed by atoms with Gasteiger partial charge in [-0.2, -0.15) is 21.0 Å². The molecule has 0 amide bonds. The monoisotopic (exact) mass is 650 g/mol. The van der Waals surface area contributed by atoms with Crippen molar-refractivity contribution in [1.29, 1.82) is 21.0 Å². The van der Waals surface area contributed by atoms with Crippen LogP contribution >= 0.6 is 0 Å². The Morgan fingerprint density at radius 2 is 1.09 bits per heavy atom. The second-order valence-electron chi connectivity index (χ2n) is 9.10. The maximum Gasteiger partial charge on any atom is 0.260 e. The van der Waals surface area contributed by atoms with E-state index in [-0.39, 0.29) is 6.07 Å². The van der Waals surface area contributed by atoms with Gasteiger partial charge < -0.3 is 0 Å². The van der Waals surface area contributed by atoms with E-state index in [0.29, 0.717) is 0 Å². The number of rotatable bonds is 3. The zero-order valence-electron chi connectivity index (χ0n) is 22.5. The Bertz CT molecular complexity index is 2200. The van der Waals surface area contributed by atoms with Gasteiger partial charge in [-0.3, -0.25) is 0 Å². The van der Waals surface area contributed by atoms with Crippen LogP contribution in [-0.2, 0) is 0 Å². The summed E-state index contributed by atoms with van der Waals surface area (Å²) in [4.78, 5) is 5.28. The van der Waals surface area contributed by atoms with Crippen molar-refractivity contribution in [2.45, 2.75) is 6.92 Å². The summed E-state index contributed by atoms with van der Waals surface area (Å²) < 4.78 is 148. The molecule has 0 unspecified atom stereocenters. The number of nitrogens with zero attached hydrogens (tertiary/aromatic N) is 6. The van der Waals surface area contributed by atoms with Gasteiger partial charge in [0.05, 0.1) is 29.9 Å². The SMILES string of the molecule is [C-]#[N+]/C(=C1/C(=C(\C#N)c2cc(F)c(C#N)c(F)c2F)/C1=C(\C#N)c1c(C)c(F)c([N+]#[C-])c(F)c1F)c1c(F)c(F)c(C#N)c(F)c1F. The van der Waals surface area contributed by atoms with Crippen LogP contribution in [0.15, 0.2) is 22.8 Å². The van der Waals surface area contributed by atoms with Gasteiger partial charge in [-0.1, -0.05) is 0 Å². The molecule has 1 aliphatic rings. The Hall–Kier alpha value is -6.88. The highest BCUT2D eigenvalue weighted by molar-refractivity contribution is 6.11. The quantitative estimate of drug-likeness (QED) is 0.123. The van der Waals surface area contributed by atoms with Crippen molar-refractivity contribution in [3.8, 4) is 24.3 Å². The Labute approximate surface area is 256 Å². The Balaban J connectivity index is 2.34. The summed E-state index contributed by atoms with van der Waals surface area (Å²) >= 11 is 0. The first kappa shape index (κ1) is 33.0. The molecule has 228 valence electrons. The molecule has 1 saturated carbocycles. The van der Waals surface area contributed by atoms with Crippen LogP contribution in [0.3, 0.4) is 0 Å². The molecule has 0 spiro atoms. The van der Waals surface area contributed by atoms with Gasteiger partial charge in [0.1, 0.15) is 47.0 Å². The first-order valence-electron chi connectivity index (χ1n) is 12.0. The molecule has 3 aromatic rings. The van der Waals surface area contributed by atoms with Gasteiger partial charge in [-0.15, -0.1) is 0 Å². The molecule has 1 fully saturated rings. The molecule has 0 aliphatic heterocycles. The molecule has 0 bridgehead atoms. The number of hydrogen-bond donors (Lipinski definition) is 0. The minimum Gasteiger partial charge on any atom is -0.237 e. The van der Waals surface area contributed by atoms with Crippen LogP contribution in [0.5, 0.6) is 0 Å². The van der Waals surface area contributed by atoms with Crippen LogP contribution in [0.4, 0.5) is 49.6 Å². The highest BCUT2D eigenvalue weighted by Crippen LogP contribution is 2.57. The first-order chi connectivity index (χ1) is 22.2. The molecule has 0 radical (unpaired) electrons. The normalized spacial score (nSPS) is 14.9. The van der Waals surface area contributed by atoms with Crippen molar-refractivity contribution in [3.05, 3.63) is 137 Å². The molecular formula is C31H4F10N6. The minimum absolute atomic E-state index is 0.0948. The fourth-order valence-electron chi connectivity index (χ4n) is 4.62. The number of nitriles is 4. The van der Waals surface area contributed by atoms with E-state index in [1.807, 2.05) is 0 Å². The molecule has 0 N–H and O–H groups in total. The highest BCUT2D eigenvalue weighted by atomic mass is 19.2. The molecule has 0 aromatic heterocycles. The second-order valence-corrected chi connectivity index (χ2v) is 9.10. The summed E-state index contributed by atoms with van der Waals surface area (Å²) in [5, 5.41) is 37.7. The van der Waals surface area contributed by atoms with Crippen LogP contribution < -0.4 is 0 Å². The van der Waals surface area contributed by atoms with Crippen molar-refractivity contribution >= 4 is 22.5 Å². The molecule has 0 atom stereocenters. The Morgan fingerprint density at radius 1 is 0.596 bits per heavy atom. The van der Waals surface area contributed by atoms with Crippen LogP contribution in [0.25, 0.3) is 26.5 Å². The van der Waals surface area contributed by atoms with Crippen molar-refractivity contribution in [1.82, 2.24) is 0 Å². The topological polar surface area (TPSA) is 104 Å². The zero-order valence-corrected chi connectivity index (χ0v) is 22.5. The lowest BCUT2D eigenvalue weighted by molar-refractivity contribution is 0.446. The predicted octanol–water partition coefficient (Wildman–Crippen LogP) is 8.28. The molecule has 6 nitrogen and oxygen atoms in total. The van der Waals surface area contributed by atoms with E-state index in [0.717, 1.165) is 19.1 Å². The lowest BCUT2D eigenvalue weighted by Gasteiger charge is -2.10. The van der Waals surface area contributed by atoms with Crippen molar-refractivity contribution < 1.29 is 43.9 Å². The molecule has 0 heterocycles. The van der Waals surface area contributed by atoms with Crippen LogP contribution in [0.2, 0.25) is 0 Å². The summed E-state index contributed by atoms with van der Waals surface area (Å²) in [5.74, 6) is -21.3. The largest absolute Gasteiger partial charge is 0.260 e. The third-order valence-corrected chi connectivity index (χ3v) is 6.81. The second kappa shape index (κ2) is 11.9. The number of benzene rings is 3. The number of hydrogen-bond acceptors (Lipinski definition) is 4. The third-order valence-electron chi connectivity index (χ3n) is 6.81.